The Hall–Kier alpha value is -2.86. The van der Waals surface area contributed by atoms with Gasteiger partial charge in [-0.05, 0) is 36.2 Å². The summed E-state index contributed by atoms with van der Waals surface area (Å²) in [6.45, 7) is 4.87. The number of rotatable bonds is 7. The van der Waals surface area contributed by atoms with Gasteiger partial charge in [0.25, 0.3) is 0 Å². The number of piperazine rings is 1. The maximum absolute atomic E-state index is 11.8. The Bertz CT molecular complexity index is 784. The second kappa shape index (κ2) is 9.37. The molecule has 2 aromatic carbocycles. The summed E-state index contributed by atoms with van der Waals surface area (Å²) < 4.78 is 0. The standard InChI is InChI=1S/C22H27N3O3/c1-2-6-20(26)23-18-9-11-19(12-10-18)24-13-15-25(16-14-24)21(22(27)28)17-7-4-3-5-8-17/h3-5,7-12,21H,2,6,13-16H2,1H3,(H,23,26)(H,27,28). The number of amides is 1. The molecule has 1 aliphatic rings. The molecule has 0 radical (unpaired) electrons. The molecule has 1 fully saturated rings. The van der Waals surface area contributed by atoms with E-state index in [9.17, 15) is 14.7 Å². The fraction of sp³-hybridized carbons (Fsp3) is 0.364. The zero-order chi connectivity index (χ0) is 19.9. The van der Waals surface area contributed by atoms with E-state index in [4.69, 9.17) is 0 Å². The Kier molecular flexibility index (Phi) is 6.66. The van der Waals surface area contributed by atoms with E-state index in [2.05, 4.69) is 10.2 Å². The summed E-state index contributed by atoms with van der Waals surface area (Å²) in [5.74, 6) is -0.781. The number of carboxylic acids is 1. The van der Waals surface area contributed by atoms with E-state index in [1.165, 1.54) is 0 Å². The molecule has 1 heterocycles. The fourth-order valence-electron chi connectivity index (χ4n) is 3.59. The Morgan fingerprint density at radius 2 is 1.64 bits per heavy atom. The molecular weight excluding hydrogens is 354 g/mol. The molecule has 0 aliphatic carbocycles. The highest BCUT2D eigenvalue weighted by molar-refractivity contribution is 5.90. The van der Waals surface area contributed by atoms with Gasteiger partial charge in [0, 0.05) is 44.0 Å². The lowest BCUT2D eigenvalue weighted by atomic mass is 10.0. The van der Waals surface area contributed by atoms with Crippen LogP contribution in [0.2, 0.25) is 0 Å². The highest BCUT2D eigenvalue weighted by atomic mass is 16.4. The van der Waals surface area contributed by atoms with Crippen molar-refractivity contribution in [3.05, 3.63) is 60.2 Å². The van der Waals surface area contributed by atoms with Crippen LogP contribution in [0.1, 0.15) is 31.4 Å². The number of carboxylic acid groups (broad SMARTS) is 1. The van der Waals surface area contributed by atoms with Crippen LogP contribution < -0.4 is 10.2 Å². The number of carbonyl (C=O) groups is 2. The molecule has 148 valence electrons. The molecule has 28 heavy (non-hydrogen) atoms. The lowest BCUT2D eigenvalue weighted by molar-refractivity contribution is -0.143. The van der Waals surface area contributed by atoms with Crippen LogP contribution in [0.15, 0.2) is 54.6 Å². The first kappa shape index (κ1) is 19.9. The van der Waals surface area contributed by atoms with Gasteiger partial charge in [0.05, 0.1) is 0 Å². The average molecular weight is 381 g/mol. The highest BCUT2D eigenvalue weighted by Crippen LogP contribution is 2.25. The van der Waals surface area contributed by atoms with Crippen LogP contribution in [-0.4, -0.2) is 48.1 Å². The smallest absolute Gasteiger partial charge is 0.325 e. The summed E-state index contributed by atoms with van der Waals surface area (Å²) >= 11 is 0. The van der Waals surface area contributed by atoms with Crippen molar-refractivity contribution >= 4 is 23.3 Å². The van der Waals surface area contributed by atoms with Crippen LogP contribution in [0.25, 0.3) is 0 Å². The van der Waals surface area contributed by atoms with Gasteiger partial charge < -0.3 is 15.3 Å². The number of nitrogens with zero attached hydrogens (tertiary/aromatic N) is 2. The number of anilines is 2. The van der Waals surface area contributed by atoms with Crippen molar-refractivity contribution in [1.82, 2.24) is 4.90 Å². The molecule has 3 rings (SSSR count). The predicted molar refractivity (Wildman–Crippen MR) is 111 cm³/mol. The van der Waals surface area contributed by atoms with Gasteiger partial charge in [-0.25, -0.2) is 0 Å². The second-order valence-electron chi connectivity index (χ2n) is 7.02. The van der Waals surface area contributed by atoms with Gasteiger partial charge in [-0.3, -0.25) is 14.5 Å². The monoisotopic (exact) mass is 381 g/mol. The van der Waals surface area contributed by atoms with Crippen molar-refractivity contribution in [1.29, 1.82) is 0 Å². The Labute approximate surface area is 165 Å². The molecule has 1 saturated heterocycles. The minimum Gasteiger partial charge on any atom is -0.480 e. The van der Waals surface area contributed by atoms with E-state index in [1.807, 2.05) is 66.4 Å². The van der Waals surface area contributed by atoms with E-state index in [1.54, 1.807) is 0 Å². The molecular formula is C22H27N3O3. The first-order valence-corrected chi connectivity index (χ1v) is 9.75. The minimum absolute atomic E-state index is 0.0319. The number of aliphatic carboxylic acids is 1. The van der Waals surface area contributed by atoms with Crippen molar-refractivity contribution in [3.8, 4) is 0 Å². The van der Waals surface area contributed by atoms with Crippen LogP contribution in [0.5, 0.6) is 0 Å². The van der Waals surface area contributed by atoms with Crippen LogP contribution in [0, 0.1) is 0 Å². The largest absolute Gasteiger partial charge is 0.480 e. The molecule has 1 unspecified atom stereocenters. The van der Waals surface area contributed by atoms with Crippen molar-refractivity contribution in [2.75, 3.05) is 36.4 Å². The van der Waals surface area contributed by atoms with E-state index in [-0.39, 0.29) is 5.91 Å². The van der Waals surface area contributed by atoms with Gasteiger partial charge in [-0.15, -0.1) is 0 Å². The summed E-state index contributed by atoms with van der Waals surface area (Å²) in [6, 6.07) is 16.6. The lowest BCUT2D eigenvalue weighted by Gasteiger charge is -2.39. The van der Waals surface area contributed by atoms with Crippen molar-refractivity contribution in [2.45, 2.75) is 25.8 Å². The van der Waals surface area contributed by atoms with Crippen molar-refractivity contribution in [3.63, 3.8) is 0 Å². The van der Waals surface area contributed by atoms with Gasteiger partial charge >= 0.3 is 5.97 Å². The molecule has 0 saturated carbocycles. The second-order valence-corrected chi connectivity index (χ2v) is 7.02. The maximum Gasteiger partial charge on any atom is 0.325 e. The molecule has 1 atom stereocenters. The van der Waals surface area contributed by atoms with Gasteiger partial charge in [0.1, 0.15) is 6.04 Å². The third-order valence-electron chi connectivity index (χ3n) is 5.02. The SMILES string of the molecule is CCCC(=O)Nc1ccc(N2CCN(C(C(=O)O)c3ccccc3)CC2)cc1. The molecule has 6 heteroatoms. The van der Waals surface area contributed by atoms with E-state index in [0.29, 0.717) is 19.5 Å². The fourth-order valence-corrected chi connectivity index (χ4v) is 3.59. The summed E-state index contributed by atoms with van der Waals surface area (Å²) in [5, 5.41) is 12.6. The summed E-state index contributed by atoms with van der Waals surface area (Å²) in [6.07, 6.45) is 1.35. The van der Waals surface area contributed by atoms with Crippen LogP contribution in [0.4, 0.5) is 11.4 Å². The molecule has 0 bridgehead atoms. The lowest BCUT2D eigenvalue weighted by Crippen LogP contribution is -2.49. The molecule has 0 spiro atoms. The molecule has 6 nitrogen and oxygen atoms in total. The molecule has 2 N–H and O–H groups in total. The first-order chi connectivity index (χ1) is 13.6. The summed E-state index contributed by atoms with van der Waals surface area (Å²) in [5.41, 5.74) is 2.70. The Morgan fingerprint density at radius 1 is 1.00 bits per heavy atom. The van der Waals surface area contributed by atoms with E-state index in [0.717, 1.165) is 36.4 Å². The average Bonchev–Trinajstić information content (AvgIpc) is 2.70. The molecule has 2 aromatic rings. The predicted octanol–water partition coefficient (Wildman–Crippen LogP) is 3.37. The van der Waals surface area contributed by atoms with Crippen LogP contribution in [0.3, 0.4) is 0 Å². The topological polar surface area (TPSA) is 72.9 Å². The number of nitrogens with one attached hydrogen (secondary N) is 1. The van der Waals surface area contributed by atoms with E-state index < -0.39 is 12.0 Å². The number of hydrogen-bond acceptors (Lipinski definition) is 4. The quantitative estimate of drug-likeness (QED) is 0.769. The van der Waals surface area contributed by atoms with Crippen molar-refractivity contribution in [2.24, 2.45) is 0 Å². The highest BCUT2D eigenvalue weighted by Gasteiger charge is 2.30. The number of benzene rings is 2. The minimum atomic E-state index is -0.813. The normalized spacial score (nSPS) is 15.8. The first-order valence-electron chi connectivity index (χ1n) is 9.75. The number of hydrogen-bond donors (Lipinski definition) is 2. The Balaban J connectivity index is 1.60. The zero-order valence-electron chi connectivity index (χ0n) is 16.2. The van der Waals surface area contributed by atoms with Gasteiger partial charge in [0.2, 0.25) is 5.91 Å². The van der Waals surface area contributed by atoms with Crippen LogP contribution in [-0.2, 0) is 9.59 Å². The van der Waals surface area contributed by atoms with Gasteiger partial charge in [-0.2, -0.15) is 0 Å². The molecule has 1 amide bonds. The third kappa shape index (κ3) is 4.89. The zero-order valence-corrected chi connectivity index (χ0v) is 16.2. The maximum atomic E-state index is 11.8. The number of carbonyl (C=O) groups excluding carboxylic acids is 1. The Morgan fingerprint density at radius 3 is 2.21 bits per heavy atom. The molecule has 1 aliphatic heterocycles. The van der Waals surface area contributed by atoms with E-state index >= 15 is 0 Å². The van der Waals surface area contributed by atoms with Crippen molar-refractivity contribution < 1.29 is 14.7 Å². The summed E-state index contributed by atoms with van der Waals surface area (Å²) in [7, 11) is 0. The third-order valence-corrected chi connectivity index (χ3v) is 5.02. The van der Waals surface area contributed by atoms with Gasteiger partial charge in [-0.1, -0.05) is 37.3 Å². The molecule has 0 aromatic heterocycles. The summed E-state index contributed by atoms with van der Waals surface area (Å²) in [4.78, 5) is 27.8. The van der Waals surface area contributed by atoms with Crippen LogP contribution >= 0.6 is 0 Å². The van der Waals surface area contributed by atoms with Gasteiger partial charge in [0.15, 0.2) is 0 Å².